The monoisotopic (exact) mass is 199 g/mol. The molecular formula is C9H10ClNO2. The van der Waals surface area contributed by atoms with Crippen molar-refractivity contribution in [2.45, 2.75) is 13.3 Å². The number of hydrogen-bond donors (Lipinski definition) is 0. The Morgan fingerprint density at radius 2 is 2.38 bits per heavy atom. The summed E-state index contributed by atoms with van der Waals surface area (Å²) in [5.74, 6) is -0.299. The van der Waals surface area contributed by atoms with Crippen LogP contribution in [0.4, 0.5) is 0 Å². The smallest absolute Gasteiger partial charge is 0.310 e. The normalized spacial score (nSPS) is 9.77. The molecule has 0 aliphatic carbocycles. The highest BCUT2D eigenvalue weighted by atomic mass is 35.5. The number of aromatic nitrogens is 1. The van der Waals surface area contributed by atoms with Gasteiger partial charge in [0.25, 0.3) is 0 Å². The van der Waals surface area contributed by atoms with Crippen molar-refractivity contribution in [1.82, 2.24) is 4.98 Å². The fraction of sp³-hybridized carbons (Fsp3) is 0.333. The third kappa shape index (κ3) is 2.70. The maximum absolute atomic E-state index is 10.9. The summed E-state index contributed by atoms with van der Waals surface area (Å²) in [6, 6.07) is 1.78. The molecule has 70 valence electrons. The zero-order chi connectivity index (χ0) is 9.84. The van der Waals surface area contributed by atoms with Gasteiger partial charge in [-0.1, -0.05) is 11.6 Å². The van der Waals surface area contributed by atoms with Crippen LogP contribution in [0.5, 0.6) is 0 Å². The highest BCUT2D eigenvalue weighted by Crippen LogP contribution is 2.15. The average Bonchev–Trinajstić information content (AvgIpc) is 2.11. The standard InChI is InChI=1S/C9H10ClNO2/c1-6-3-7(4-9(12)13-2)8(10)5-11-6/h3,5H,4H2,1-2H3. The lowest BCUT2D eigenvalue weighted by Gasteiger charge is -2.02. The molecule has 0 spiro atoms. The molecule has 0 amide bonds. The molecule has 3 nitrogen and oxygen atoms in total. The number of esters is 1. The number of aryl methyl sites for hydroxylation is 1. The highest BCUT2D eigenvalue weighted by Gasteiger charge is 2.07. The molecule has 0 saturated heterocycles. The van der Waals surface area contributed by atoms with Gasteiger partial charge in [-0.25, -0.2) is 0 Å². The molecule has 0 aliphatic heterocycles. The minimum absolute atomic E-state index is 0.193. The number of halogens is 1. The summed E-state index contributed by atoms with van der Waals surface area (Å²) >= 11 is 5.83. The maximum atomic E-state index is 10.9. The van der Waals surface area contributed by atoms with Gasteiger partial charge in [-0.3, -0.25) is 9.78 Å². The molecule has 1 rings (SSSR count). The van der Waals surface area contributed by atoms with Crippen LogP contribution >= 0.6 is 11.6 Å². The van der Waals surface area contributed by atoms with E-state index in [2.05, 4.69) is 9.72 Å². The number of nitrogens with zero attached hydrogens (tertiary/aromatic N) is 1. The first-order chi connectivity index (χ1) is 6.13. The lowest BCUT2D eigenvalue weighted by Crippen LogP contribution is -2.05. The van der Waals surface area contributed by atoms with Crippen molar-refractivity contribution in [1.29, 1.82) is 0 Å². The predicted octanol–water partition coefficient (Wildman–Crippen LogP) is 1.76. The van der Waals surface area contributed by atoms with Crippen LogP contribution in [0.25, 0.3) is 0 Å². The molecule has 0 aliphatic rings. The number of carbonyl (C=O) groups excluding carboxylic acids is 1. The second-order valence-corrected chi connectivity index (χ2v) is 3.08. The lowest BCUT2D eigenvalue weighted by molar-refractivity contribution is -0.139. The van der Waals surface area contributed by atoms with E-state index >= 15 is 0 Å². The van der Waals surface area contributed by atoms with Crippen molar-refractivity contribution < 1.29 is 9.53 Å². The Labute approximate surface area is 81.7 Å². The van der Waals surface area contributed by atoms with Crippen molar-refractivity contribution in [3.8, 4) is 0 Å². The number of rotatable bonds is 2. The zero-order valence-corrected chi connectivity index (χ0v) is 8.26. The Morgan fingerprint density at radius 1 is 1.69 bits per heavy atom. The van der Waals surface area contributed by atoms with Gasteiger partial charge in [0.15, 0.2) is 0 Å². The third-order valence-corrected chi connectivity index (χ3v) is 1.97. The van der Waals surface area contributed by atoms with Crippen LogP contribution in [0, 0.1) is 6.92 Å². The number of ether oxygens (including phenoxy) is 1. The summed E-state index contributed by atoms with van der Waals surface area (Å²) in [4.78, 5) is 14.9. The van der Waals surface area contributed by atoms with Gasteiger partial charge >= 0.3 is 5.97 Å². The molecule has 0 saturated carbocycles. The summed E-state index contributed by atoms with van der Waals surface area (Å²) in [6.07, 6.45) is 1.73. The first-order valence-electron chi connectivity index (χ1n) is 3.81. The van der Waals surface area contributed by atoms with E-state index in [1.165, 1.54) is 13.3 Å². The molecule has 0 unspecified atom stereocenters. The van der Waals surface area contributed by atoms with Crippen LogP contribution in [-0.2, 0) is 16.0 Å². The van der Waals surface area contributed by atoms with Crippen molar-refractivity contribution in [3.63, 3.8) is 0 Å². The first kappa shape index (κ1) is 9.99. The van der Waals surface area contributed by atoms with Crippen molar-refractivity contribution >= 4 is 17.6 Å². The Kier molecular flexibility index (Phi) is 3.25. The van der Waals surface area contributed by atoms with Gasteiger partial charge in [0.1, 0.15) is 0 Å². The van der Waals surface area contributed by atoms with E-state index in [4.69, 9.17) is 11.6 Å². The van der Waals surface area contributed by atoms with Crippen LogP contribution in [0.3, 0.4) is 0 Å². The van der Waals surface area contributed by atoms with Crippen LogP contribution in [0.1, 0.15) is 11.3 Å². The second-order valence-electron chi connectivity index (χ2n) is 2.67. The molecule has 13 heavy (non-hydrogen) atoms. The summed E-state index contributed by atoms with van der Waals surface area (Å²) in [7, 11) is 1.35. The van der Waals surface area contributed by atoms with Gasteiger partial charge in [-0.05, 0) is 18.6 Å². The largest absolute Gasteiger partial charge is 0.469 e. The number of hydrogen-bond acceptors (Lipinski definition) is 3. The van der Waals surface area contributed by atoms with Gasteiger partial charge in [-0.2, -0.15) is 0 Å². The van der Waals surface area contributed by atoms with E-state index in [0.717, 1.165) is 11.3 Å². The molecule has 1 heterocycles. The minimum Gasteiger partial charge on any atom is -0.469 e. The van der Waals surface area contributed by atoms with Gasteiger partial charge in [0, 0.05) is 11.9 Å². The van der Waals surface area contributed by atoms with Crippen LogP contribution in [0.15, 0.2) is 12.3 Å². The van der Waals surface area contributed by atoms with Crippen LogP contribution in [0.2, 0.25) is 5.02 Å². The van der Waals surface area contributed by atoms with E-state index in [1.54, 1.807) is 6.07 Å². The Balaban J connectivity index is 2.87. The average molecular weight is 200 g/mol. The first-order valence-corrected chi connectivity index (χ1v) is 4.19. The molecule has 0 N–H and O–H groups in total. The second kappa shape index (κ2) is 4.23. The fourth-order valence-corrected chi connectivity index (χ4v) is 1.13. The Morgan fingerprint density at radius 3 is 3.00 bits per heavy atom. The highest BCUT2D eigenvalue weighted by molar-refractivity contribution is 6.31. The Bertz CT molecular complexity index is 325. The van der Waals surface area contributed by atoms with E-state index in [9.17, 15) is 4.79 Å². The SMILES string of the molecule is COC(=O)Cc1cc(C)ncc1Cl. The molecule has 0 atom stereocenters. The topological polar surface area (TPSA) is 39.2 Å². The number of carbonyl (C=O) groups is 1. The van der Waals surface area contributed by atoms with E-state index in [0.29, 0.717) is 5.02 Å². The van der Waals surface area contributed by atoms with Gasteiger partial charge in [0.2, 0.25) is 0 Å². The maximum Gasteiger partial charge on any atom is 0.310 e. The molecule has 0 aromatic carbocycles. The Hall–Kier alpha value is -1.09. The van der Waals surface area contributed by atoms with Gasteiger partial charge in [0.05, 0.1) is 18.6 Å². The molecule has 0 radical (unpaired) electrons. The van der Waals surface area contributed by atoms with E-state index in [-0.39, 0.29) is 12.4 Å². The van der Waals surface area contributed by atoms with E-state index in [1.807, 2.05) is 6.92 Å². The molecule has 0 fully saturated rings. The van der Waals surface area contributed by atoms with E-state index < -0.39 is 0 Å². The van der Waals surface area contributed by atoms with Crippen molar-refractivity contribution in [2.75, 3.05) is 7.11 Å². The third-order valence-electron chi connectivity index (χ3n) is 1.63. The molecule has 1 aromatic rings. The lowest BCUT2D eigenvalue weighted by atomic mass is 10.2. The van der Waals surface area contributed by atoms with Gasteiger partial charge < -0.3 is 4.74 Å². The summed E-state index contributed by atoms with van der Waals surface area (Å²) in [5, 5.41) is 0.496. The quantitative estimate of drug-likeness (QED) is 0.682. The predicted molar refractivity (Wildman–Crippen MR) is 49.7 cm³/mol. The molecule has 4 heteroatoms. The minimum atomic E-state index is -0.299. The number of methoxy groups -OCH3 is 1. The summed E-state index contributed by atoms with van der Waals surface area (Å²) < 4.78 is 4.53. The van der Waals surface area contributed by atoms with Crippen LogP contribution < -0.4 is 0 Å². The van der Waals surface area contributed by atoms with Crippen molar-refractivity contribution in [2.24, 2.45) is 0 Å². The summed E-state index contributed by atoms with van der Waals surface area (Å²) in [6.45, 7) is 1.84. The van der Waals surface area contributed by atoms with Crippen LogP contribution in [-0.4, -0.2) is 18.1 Å². The molecular weight excluding hydrogens is 190 g/mol. The fourth-order valence-electron chi connectivity index (χ4n) is 0.963. The molecule has 1 aromatic heterocycles. The number of pyridine rings is 1. The summed E-state index contributed by atoms with van der Waals surface area (Å²) in [5.41, 5.74) is 1.59. The molecule has 0 bridgehead atoms. The van der Waals surface area contributed by atoms with Crippen molar-refractivity contribution in [3.05, 3.63) is 28.5 Å². The zero-order valence-electron chi connectivity index (χ0n) is 7.50. The van der Waals surface area contributed by atoms with Gasteiger partial charge in [-0.15, -0.1) is 0 Å².